The molecule has 0 radical (unpaired) electrons. The number of hydrogen-bond donors (Lipinski definition) is 2. The average Bonchev–Trinajstić information content (AvgIpc) is 3.09. The number of anilines is 1. The summed E-state index contributed by atoms with van der Waals surface area (Å²) in [5.74, 6) is -1.01. The molecule has 1 aromatic heterocycles. The van der Waals surface area contributed by atoms with Gasteiger partial charge in [0.15, 0.2) is 5.13 Å². The Morgan fingerprint density at radius 2 is 1.91 bits per heavy atom. The highest BCUT2D eigenvalue weighted by Gasteiger charge is 2.22. The van der Waals surface area contributed by atoms with Crippen molar-refractivity contribution in [2.45, 2.75) is 32.7 Å². The van der Waals surface area contributed by atoms with Crippen molar-refractivity contribution >= 4 is 57.4 Å². The molecular weight excluding hydrogens is 475 g/mol. The molecular formula is C21H26Cl2N4O4S. The van der Waals surface area contributed by atoms with E-state index in [0.29, 0.717) is 15.8 Å². The first-order valence-corrected chi connectivity index (χ1v) is 11.4. The molecule has 0 aliphatic heterocycles. The Kier molecular flexibility index (Phi) is 9.45. The summed E-state index contributed by atoms with van der Waals surface area (Å²) in [6.45, 7) is 5.90. The lowest BCUT2D eigenvalue weighted by Gasteiger charge is -2.22. The maximum atomic E-state index is 12.9. The molecule has 0 bridgehead atoms. The van der Waals surface area contributed by atoms with Crippen LogP contribution < -0.4 is 10.6 Å². The number of aromatic nitrogens is 1. The van der Waals surface area contributed by atoms with Gasteiger partial charge in [-0.25, -0.2) is 4.98 Å². The van der Waals surface area contributed by atoms with Crippen molar-refractivity contribution in [1.29, 1.82) is 0 Å². The standard InChI is InChI=1S/C21H26Cl2N4O4S/c1-21(2,3)26-17(28)10-14-12-32-20(24-14)25-18(29)11-27(7-8-31-4)19(30)15-6-5-13(22)9-16(15)23/h5-6,9,12H,7-8,10-11H2,1-4H3,(H,26,28)(H,24,25,29). The Morgan fingerprint density at radius 3 is 2.53 bits per heavy atom. The predicted octanol–water partition coefficient (Wildman–Crippen LogP) is 3.63. The van der Waals surface area contributed by atoms with E-state index in [0.717, 1.165) is 0 Å². The van der Waals surface area contributed by atoms with Crippen LogP contribution in [0.1, 0.15) is 36.8 Å². The summed E-state index contributed by atoms with van der Waals surface area (Å²) in [4.78, 5) is 43.1. The Hall–Kier alpha value is -2.20. The van der Waals surface area contributed by atoms with E-state index in [-0.39, 0.29) is 48.1 Å². The predicted molar refractivity (Wildman–Crippen MR) is 127 cm³/mol. The van der Waals surface area contributed by atoms with Crippen LogP contribution in [0.3, 0.4) is 0 Å². The maximum Gasteiger partial charge on any atom is 0.255 e. The van der Waals surface area contributed by atoms with Gasteiger partial charge in [-0.3, -0.25) is 14.4 Å². The Balaban J connectivity index is 2.02. The summed E-state index contributed by atoms with van der Waals surface area (Å²) in [6, 6.07) is 4.54. The van der Waals surface area contributed by atoms with E-state index in [1.54, 1.807) is 11.4 Å². The molecule has 0 fully saturated rings. The normalized spacial score (nSPS) is 11.2. The van der Waals surface area contributed by atoms with Gasteiger partial charge in [-0.2, -0.15) is 0 Å². The van der Waals surface area contributed by atoms with Crippen molar-refractivity contribution < 1.29 is 19.1 Å². The van der Waals surface area contributed by atoms with Crippen molar-refractivity contribution in [3.05, 3.63) is 44.9 Å². The minimum absolute atomic E-state index is 0.108. The zero-order chi connectivity index (χ0) is 23.9. The fourth-order valence-corrected chi connectivity index (χ4v) is 3.91. The minimum Gasteiger partial charge on any atom is -0.383 e. The van der Waals surface area contributed by atoms with Gasteiger partial charge >= 0.3 is 0 Å². The van der Waals surface area contributed by atoms with Gasteiger partial charge in [-0.1, -0.05) is 23.2 Å². The first-order valence-electron chi connectivity index (χ1n) is 9.77. The Labute approximate surface area is 201 Å². The molecule has 1 heterocycles. The second-order valence-electron chi connectivity index (χ2n) is 8.01. The second kappa shape index (κ2) is 11.6. The molecule has 0 aliphatic rings. The molecule has 0 saturated heterocycles. The number of halogens is 2. The highest BCUT2D eigenvalue weighted by molar-refractivity contribution is 7.13. The zero-order valence-electron chi connectivity index (χ0n) is 18.3. The van der Waals surface area contributed by atoms with Crippen LogP contribution in [-0.2, 0) is 20.7 Å². The molecule has 0 saturated carbocycles. The summed E-state index contributed by atoms with van der Waals surface area (Å²) in [7, 11) is 1.50. The topological polar surface area (TPSA) is 101 Å². The van der Waals surface area contributed by atoms with Gasteiger partial charge in [-0.15, -0.1) is 11.3 Å². The van der Waals surface area contributed by atoms with Crippen LogP contribution in [0.5, 0.6) is 0 Å². The lowest BCUT2D eigenvalue weighted by Crippen LogP contribution is -2.41. The van der Waals surface area contributed by atoms with Crippen LogP contribution in [-0.4, -0.2) is 60.0 Å². The van der Waals surface area contributed by atoms with E-state index < -0.39 is 11.8 Å². The molecule has 32 heavy (non-hydrogen) atoms. The fraction of sp³-hybridized carbons (Fsp3) is 0.429. The smallest absolute Gasteiger partial charge is 0.255 e. The quantitative estimate of drug-likeness (QED) is 0.547. The number of carbonyl (C=O) groups excluding carboxylic acids is 3. The lowest BCUT2D eigenvalue weighted by atomic mass is 10.1. The first kappa shape index (κ1) is 26.1. The summed E-state index contributed by atoms with van der Waals surface area (Å²) >= 11 is 13.3. The summed E-state index contributed by atoms with van der Waals surface area (Å²) in [5, 5.41) is 8.19. The summed E-state index contributed by atoms with van der Waals surface area (Å²) < 4.78 is 5.05. The largest absolute Gasteiger partial charge is 0.383 e. The van der Waals surface area contributed by atoms with Crippen molar-refractivity contribution in [3.63, 3.8) is 0 Å². The first-order chi connectivity index (χ1) is 15.0. The average molecular weight is 501 g/mol. The van der Waals surface area contributed by atoms with Gasteiger partial charge < -0.3 is 20.3 Å². The molecule has 174 valence electrons. The number of hydrogen-bond acceptors (Lipinski definition) is 6. The number of carbonyl (C=O) groups is 3. The van der Waals surface area contributed by atoms with Gasteiger partial charge in [0.2, 0.25) is 11.8 Å². The fourth-order valence-electron chi connectivity index (χ4n) is 2.69. The van der Waals surface area contributed by atoms with E-state index in [9.17, 15) is 14.4 Å². The molecule has 1 aromatic carbocycles. The number of benzene rings is 1. The number of nitrogens with zero attached hydrogens (tertiary/aromatic N) is 2. The van der Waals surface area contributed by atoms with E-state index in [4.69, 9.17) is 27.9 Å². The van der Waals surface area contributed by atoms with Crippen molar-refractivity contribution in [2.75, 3.05) is 32.1 Å². The molecule has 8 nitrogen and oxygen atoms in total. The number of nitrogens with one attached hydrogen (secondary N) is 2. The van der Waals surface area contributed by atoms with Gasteiger partial charge in [0.25, 0.3) is 5.91 Å². The van der Waals surface area contributed by atoms with E-state index >= 15 is 0 Å². The molecule has 3 amide bonds. The molecule has 0 atom stereocenters. The van der Waals surface area contributed by atoms with Crippen molar-refractivity contribution in [3.8, 4) is 0 Å². The van der Waals surface area contributed by atoms with E-state index in [1.165, 1.54) is 35.5 Å². The van der Waals surface area contributed by atoms with Gasteiger partial charge in [0.05, 0.1) is 29.3 Å². The van der Waals surface area contributed by atoms with Gasteiger partial charge in [-0.05, 0) is 39.0 Å². The third kappa shape index (κ3) is 8.38. The molecule has 11 heteroatoms. The lowest BCUT2D eigenvalue weighted by molar-refractivity contribution is -0.122. The molecule has 2 N–H and O–H groups in total. The Bertz CT molecular complexity index is 975. The highest BCUT2D eigenvalue weighted by atomic mass is 35.5. The van der Waals surface area contributed by atoms with Crippen molar-refractivity contribution in [2.24, 2.45) is 0 Å². The Morgan fingerprint density at radius 1 is 1.19 bits per heavy atom. The van der Waals surface area contributed by atoms with Gasteiger partial charge in [0, 0.05) is 29.6 Å². The van der Waals surface area contributed by atoms with Crippen LogP contribution in [0.2, 0.25) is 10.0 Å². The second-order valence-corrected chi connectivity index (χ2v) is 9.71. The van der Waals surface area contributed by atoms with Crippen LogP contribution in [0.4, 0.5) is 5.13 Å². The number of thiazole rings is 1. The van der Waals surface area contributed by atoms with E-state index in [2.05, 4.69) is 15.6 Å². The number of methoxy groups -OCH3 is 1. The summed E-state index contributed by atoms with van der Waals surface area (Å²) in [6.07, 6.45) is 0.108. The third-order valence-electron chi connectivity index (χ3n) is 4.00. The monoisotopic (exact) mass is 500 g/mol. The SMILES string of the molecule is COCCN(CC(=O)Nc1nc(CC(=O)NC(C)(C)C)cs1)C(=O)c1ccc(Cl)cc1Cl. The molecule has 0 aliphatic carbocycles. The summed E-state index contributed by atoms with van der Waals surface area (Å²) in [5.41, 5.74) is 0.448. The van der Waals surface area contributed by atoms with Crippen LogP contribution >= 0.6 is 34.5 Å². The van der Waals surface area contributed by atoms with Crippen LogP contribution in [0, 0.1) is 0 Å². The molecule has 0 unspecified atom stereocenters. The number of amides is 3. The van der Waals surface area contributed by atoms with Crippen molar-refractivity contribution in [1.82, 2.24) is 15.2 Å². The molecule has 0 spiro atoms. The minimum atomic E-state index is -0.431. The maximum absolute atomic E-state index is 12.9. The molecule has 2 aromatic rings. The number of ether oxygens (including phenoxy) is 1. The van der Waals surface area contributed by atoms with E-state index in [1.807, 2.05) is 20.8 Å². The molecule has 2 rings (SSSR count). The highest BCUT2D eigenvalue weighted by Crippen LogP contribution is 2.22. The van der Waals surface area contributed by atoms with Crippen LogP contribution in [0.25, 0.3) is 0 Å². The van der Waals surface area contributed by atoms with Crippen LogP contribution in [0.15, 0.2) is 23.6 Å². The third-order valence-corrected chi connectivity index (χ3v) is 5.36. The zero-order valence-corrected chi connectivity index (χ0v) is 20.7. The number of rotatable bonds is 9. The van der Waals surface area contributed by atoms with Gasteiger partial charge in [0.1, 0.15) is 6.54 Å².